The average Bonchev–Trinajstić information content (AvgIpc) is 3.52. The number of carbonyl (C=O) groups is 6. The minimum atomic E-state index is -0.246. The Morgan fingerprint density at radius 2 is 0.800 bits per heavy atom. The highest BCUT2D eigenvalue weighted by atomic mass is 16.5. The van der Waals surface area contributed by atoms with Gasteiger partial charge in [-0.3, -0.25) is 28.8 Å². The second kappa shape index (κ2) is 40.1. The van der Waals surface area contributed by atoms with Crippen molar-refractivity contribution in [2.75, 3.05) is 28.4 Å². The van der Waals surface area contributed by atoms with Crippen LogP contribution in [0.2, 0.25) is 0 Å². The molecule has 0 aliphatic carbocycles. The topological polar surface area (TPSA) is 301 Å². The zero-order valence-corrected chi connectivity index (χ0v) is 49.1. The minimum Gasteiger partial charge on any atom is -0.508 e. The number of ether oxygens (including phenoxy) is 4. The van der Waals surface area contributed by atoms with Crippen LogP contribution < -0.4 is 18.9 Å². The van der Waals surface area contributed by atoms with Crippen molar-refractivity contribution in [1.29, 1.82) is 0 Å². The summed E-state index contributed by atoms with van der Waals surface area (Å²) in [5.74, 6) is 2.01. The molecule has 0 aliphatic heterocycles. The first-order valence-electron chi connectivity index (χ1n) is 25.7. The smallest absolute Gasteiger partial charge is 0.165 e. The molecule has 0 atom stereocenters. The first kappa shape index (κ1) is 72.9. The van der Waals surface area contributed by atoms with E-state index in [1.54, 1.807) is 116 Å². The Balaban J connectivity index is 0.000000510. The lowest BCUT2D eigenvalue weighted by Crippen LogP contribution is -1.91. The Bertz CT molecular complexity index is 3360. The van der Waals surface area contributed by atoms with Crippen molar-refractivity contribution in [1.82, 2.24) is 0 Å². The van der Waals surface area contributed by atoms with Crippen LogP contribution in [0.25, 0.3) is 36.5 Å². The summed E-state index contributed by atoms with van der Waals surface area (Å²) < 4.78 is 19.8. The number of phenols is 5. The summed E-state index contributed by atoms with van der Waals surface area (Å²) in [6, 6.07) is 29.8. The number of carbonyl (C=O) groups excluding carboxylic acids is 6. The van der Waals surface area contributed by atoms with E-state index in [0.29, 0.717) is 45.3 Å². The molecule has 0 fully saturated rings. The molecule has 6 aromatic rings. The van der Waals surface area contributed by atoms with Gasteiger partial charge in [-0.2, -0.15) is 0 Å². The van der Waals surface area contributed by atoms with E-state index in [1.165, 1.54) is 130 Å². The molecule has 0 heterocycles. The molecular weight excluding hydrogens is 1090 g/mol. The third kappa shape index (κ3) is 29.4. The Kier molecular flexibility index (Phi) is 34.4. The maximum absolute atomic E-state index is 10.8. The third-order valence-corrected chi connectivity index (χ3v) is 10.8. The van der Waals surface area contributed by atoms with Gasteiger partial charge in [0, 0.05) is 11.1 Å². The molecule has 0 spiro atoms. The standard InChI is InChI=1S/C12H14O3.5C11H12O3/c1-9(14)3-4-10-5-6-12(15-2)7-11(10)8-13;1-8(12)3-4-9-5-6-11(14-2)10(13)7-9;1-8(12)3-4-9-5-6-10(13)11(7-9)14-2;1-8(12)6-7-9-4-3-5-10(14-2)11(9)13;1-8(13)2-3-9-4-5-11(14)6-10(9)7-12;1-8(13)5-6-9-3-2-4-11(14)10(9)7-12/h3-7,13H,8H2,1-2H3;3*3-7,13H,1-2H3;2*2-6,12,14H,7H2,1H3/b3*4-3+;7-6+;3-2+;6-5+. The lowest BCUT2D eigenvalue weighted by Gasteiger charge is -2.05. The molecule has 85 heavy (non-hydrogen) atoms. The van der Waals surface area contributed by atoms with Crippen molar-refractivity contribution in [3.8, 4) is 51.7 Å². The van der Waals surface area contributed by atoms with Crippen LogP contribution in [0, 0.1) is 0 Å². The number of hydrogen-bond donors (Lipinski definition) is 8. The first-order chi connectivity index (χ1) is 40.4. The number of rotatable bonds is 19. The van der Waals surface area contributed by atoms with E-state index >= 15 is 0 Å². The molecule has 18 nitrogen and oxygen atoms in total. The van der Waals surface area contributed by atoms with Crippen molar-refractivity contribution in [2.45, 2.75) is 61.4 Å². The molecule has 0 aliphatic rings. The van der Waals surface area contributed by atoms with Gasteiger partial charge in [-0.15, -0.1) is 0 Å². The van der Waals surface area contributed by atoms with Crippen LogP contribution in [-0.2, 0) is 48.6 Å². The van der Waals surface area contributed by atoms with E-state index in [9.17, 15) is 49.2 Å². The number of allylic oxidation sites excluding steroid dienone is 6. The summed E-state index contributed by atoms with van der Waals surface area (Å²) >= 11 is 0. The normalized spacial score (nSPS) is 10.6. The van der Waals surface area contributed by atoms with E-state index in [1.807, 2.05) is 6.07 Å². The molecule has 0 aromatic heterocycles. The molecule has 18 heteroatoms. The SMILES string of the molecule is CC(=O)/C=C/c1ccc(O)cc1CO.CC(=O)/C=C/c1cccc(O)c1CO.COc1cc(/C=C/C(C)=O)ccc1O.COc1ccc(/C=C/C(C)=O)c(CO)c1.COc1ccc(/C=C/C(C)=O)cc1O.COc1cccc(/C=C/C(C)=O)c1O. The second-order valence-electron chi connectivity index (χ2n) is 17.7. The molecule has 0 saturated carbocycles. The summed E-state index contributed by atoms with van der Waals surface area (Å²) in [5, 5.41) is 73.9. The summed E-state index contributed by atoms with van der Waals surface area (Å²) in [6.45, 7) is 8.30. The number of benzene rings is 6. The van der Waals surface area contributed by atoms with Crippen molar-refractivity contribution in [3.63, 3.8) is 0 Å². The molecule has 8 N–H and O–H groups in total. The Morgan fingerprint density at radius 3 is 1.27 bits per heavy atom. The largest absolute Gasteiger partial charge is 0.508 e. The van der Waals surface area contributed by atoms with Gasteiger partial charge in [0.05, 0.1) is 48.3 Å². The molecule has 0 radical (unpaired) electrons. The van der Waals surface area contributed by atoms with E-state index in [-0.39, 0.29) is 83.3 Å². The third-order valence-electron chi connectivity index (χ3n) is 10.8. The van der Waals surface area contributed by atoms with Crippen molar-refractivity contribution < 1.29 is 88.6 Å². The summed E-state index contributed by atoms with van der Waals surface area (Å²) in [5.41, 5.74) is 6.14. The Hall–Kier alpha value is -10.1. The van der Waals surface area contributed by atoms with Crippen LogP contribution in [-0.4, -0.2) is 104 Å². The number of aromatic hydroxyl groups is 5. The number of para-hydroxylation sites is 1. The van der Waals surface area contributed by atoms with Crippen molar-refractivity contribution in [2.24, 2.45) is 0 Å². The predicted molar refractivity (Wildman–Crippen MR) is 329 cm³/mol. The zero-order valence-electron chi connectivity index (χ0n) is 49.1. The van der Waals surface area contributed by atoms with E-state index < -0.39 is 0 Å². The second-order valence-corrected chi connectivity index (χ2v) is 17.7. The van der Waals surface area contributed by atoms with Gasteiger partial charge in [0.15, 0.2) is 69.2 Å². The molecule has 450 valence electrons. The zero-order chi connectivity index (χ0) is 64.0. The summed E-state index contributed by atoms with van der Waals surface area (Å²) in [6.07, 6.45) is 18.3. The summed E-state index contributed by atoms with van der Waals surface area (Å²) in [7, 11) is 6.02. The fourth-order valence-corrected chi connectivity index (χ4v) is 6.52. The fourth-order valence-electron chi connectivity index (χ4n) is 6.52. The Morgan fingerprint density at radius 1 is 0.365 bits per heavy atom. The van der Waals surface area contributed by atoms with Gasteiger partial charge in [-0.1, -0.05) is 78.9 Å². The van der Waals surface area contributed by atoms with E-state index in [2.05, 4.69) is 0 Å². The van der Waals surface area contributed by atoms with Gasteiger partial charge in [0.2, 0.25) is 0 Å². The number of phenolic OH excluding ortho intramolecular Hbond substituents is 4. The van der Waals surface area contributed by atoms with Gasteiger partial charge in [0.25, 0.3) is 0 Å². The fraction of sp³-hybridized carbons (Fsp3) is 0.194. The van der Waals surface area contributed by atoms with Gasteiger partial charge in [-0.05, 0) is 184 Å². The van der Waals surface area contributed by atoms with Crippen LogP contribution in [0.4, 0.5) is 0 Å². The molecule has 0 saturated heterocycles. The van der Waals surface area contributed by atoms with Gasteiger partial charge in [-0.25, -0.2) is 0 Å². The van der Waals surface area contributed by atoms with E-state index in [4.69, 9.17) is 39.4 Å². The number of methoxy groups -OCH3 is 4. The van der Waals surface area contributed by atoms with Gasteiger partial charge >= 0.3 is 0 Å². The number of ketones is 6. The monoisotopic (exact) mass is 1170 g/mol. The lowest BCUT2D eigenvalue weighted by molar-refractivity contribution is -0.113. The maximum atomic E-state index is 10.8. The maximum Gasteiger partial charge on any atom is 0.165 e. The predicted octanol–water partition coefficient (Wildman–Crippen LogP) is 10.8. The lowest BCUT2D eigenvalue weighted by atomic mass is 10.1. The summed E-state index contributed by atoms with van der Waals surface area (Å²) in [4.78, 5) is 64.1. The van der Waals surface area contributed by atoms with Gasteiger partial charge in [0.1, 0.15) is 17.2 Å². The number of aliphatic hydroxyl groups excluding tert-OH is 3. The highest BCUT2D eigenvalue weighted by molar-refractivity contribution is 5.94. The molecule has 0 amide bonds. The number of hydrogen-bond acceptors (Lipinski definition) is 18. The Labute approximate surface area is 495 Å². The molecular formula is C67H74O18. The van der Waals surface area contributed by atoms with Crippen molar-refractivity contribution >= 4 is 71.2 Å². The molecule has 6 rings (SSSR count). The minimum absolute atomic E-state index is 0.0166. The molecule has 0 bridgehead atoms. The quantitative estimate of drug-likeness (QED) is 0.0350. The van der Waals surface area contributed by atoms with E-state index in [0.717, 1.165) is 27.8 Å². The van der Waals surface area contributed by atoms with Crippen LogP contribution in [0.1, 0.15) is 91.6 Å². The highest BCUT2D eigenvalue weighted by Gasteiger charge is 2.07. The van der Waals surface area contributed by atoms with Crippen molar-refractivity contribution in [3.05, 3.63) is 196 Å². The number of aliphatic hydroxyl groups is 3. The van der Waals surface area contributed by atoms with Crippen LogP contribution in [0.5, 0.6) is 51.7 Å². The van der Waals surface area contributed by atoms with Crippen LogP contribution in [0.3, 0.4) is 0 Å². The van der Waals surface area contributed by atoms with Gasteiger partial charge < -0.3 is 59.8 Å². The van der Waals surface area contributed by atoms with Crippen LogP contribution in [0.15, 0.2) is 146 Å². The molecule has 0 unspecified atom stereocenters. The highest BCUT2D eigenvalue weighted by Crippen LogP contribution is 2.31. The first-order valence-corrected chi connectivity index (χ1v) is 25.7. The average molecular weight is 1170 g/mol. The van der Waals surface area contributed by atoms with Crippen LogP contribution >= 0.6 is 0 Å². The molecule has 6 aromatic carbocycles.